The monoisotopic (exact) mass is 437 g/mol. The first-order valence-electron chi connectivity index (χ1n) is 10.9. The van der Waals surface area contributed by atoms with Crippen molar-refractivity contribution in [2.24, 2.45) is 5.92 Å². The number of carbonyl (C=O) groups is 1. The van der Waals surface area contributed by atoms with Crippen molar-refractivity contribution in [3.63, 3.8) is 0 Å². The highest BCUT2D eigenvalue weighted by Crippen LogP contribution is 2.29. The number of hydrogen-bond donors (Lipinski definition) is 1. The molecule has 0 heterocycles. The maximum Gasteiger partial charge on any atom is 0.335 e. The number of ether oxygens (including phenoxy) is 1. The van der Waals surface area contributed by atoms with Crippen molar-refractivity contribution in [2.45, 2.75) is 77.2 Å². The number of benzene rings is 1. The number of nitrogens with one attached hydrogen (secondary N) is 1. The maximum atomic E-state index is 12.4. The standard InChI is InChI=1S/C23H35NO5S/c1-5-7-19(14-15-29-30(26,27)20-11-8-17(3)9-12-20)24-22-16-18(4)10-13-21(22)23(25)28-6-2/h8-9,11-12,18-19,24H,5-7,10,13-16H2,1-4H3/t18-,19-/m0/s1. The molecule has 30 heavy (non-hydrogen) atoms. The van der Waals surface area contributed by atoms with E-state index in [9.17, 15) is 13.2 Å². The average molecular weight is 438 g/mol. The van der Waals surface area contributed by atoms with Crippen molar-refractivity contribution < 1.29 is 22.1 Å². The zero-order valence-corrected chi connectivity index (χ0v) is 19.4. The van der Waals surface area contributed by atoms with Crippen LogP contribution in [-0.4, -0.2) is 33.6 Å². The normalized spacial score (nSPS) is 18.2. The predicted molar refractivity (Wildman–Crippen MR) is 117 cm³/mol. The van der Waals surface area contributed by atoms with Crippen molar-refractivity contribution in [3.05, 3.63) is 41.1 Å². The summed E-state index contributed by atoms with van der Waals surface area (Å²) in [7, 11) is -3.77. The Kier molecular flexibility index (Phi) is 9.37. The summed E-state index contributed by atoms with van der Waals surface area (Å²) in [6, 6.07) is 6.67. The van der Waals surface area contributed by atoms with Gasteiger partial charge in [-0.25, -0.2) is 4.79 Å². The van der Waals surface area contributed by atoms with Crippen LogP contribution in [0.2, 0.25) is 0 Å². The van der Waals surface area contributed by atoms with Crippen LogP contribution in [0.4, 0.5) is 0 Å². The van der Waals surface area contributed by atoms with E-state index in [0.29, 0.717) is 25.4 Å². The molecule has 168 valence electrons. The molecule has 1 aliphatic rings. The smallest absolute Gasteiger partial charge is 0.335 e. The molecule has 0 aliphatic heterocycles. The molecular formula is C23H35NO5S. The first-order chi connectivity index (χ1) is 14.3. The van der Waals surface area contributed by atoms with E-state index in [2.05, 4.69) is 19.2 Å². The summed E-state index contributed by atoms with van der Waals surface area (Å²) in [5.41, 5.74) is 2.66. The average Bonchev–Trinajstić information content (AvgIpc) is 2.68. The Balaban J connectivity index is 2.04. The highest BCUT2D eigenvalue weighted by molar-refractivity contribution is 7.86. The number of allylic oxidation sites excluding steroid dienone is 1. The first-order valence-corrected chi connectivity index (χ1v) is 12.3. The number of rotatable bonds is 11. The van der Waals surface area contributed by atoms with E-state index >= 15 is 0 Å². The molecule has 1 N–H and O–H groups in total. The van der Waals surface area contributed by atoms with E-state index < -0.39 is 10.1 Å². The Morgan fingerprint density at radius 3 is 2.53 bits per heavy atom. The SMILES string of the molecule is CCC[C@@H](CCOS(=O)(=O)c1ccc(C)cc1)NC1=C(C(=O)OCC)CC[C@H](C)C1. The molecule has 1 aromatic rings. The fourth-order valence-corrected chi connectivity index (χ4v) is 4.58. The molecule has 1 aromatic carbocycles. The summed E-state index contributed by atoms with van der Waals surface area (Å²) in [5, 5.41) is 3.51. The predicted octanol–water partition coefficient (Wildman–Crippen LogP) is 4.49. The van der Waals surface area contributed by atoms with Gasteiger partial charge in [0.05, 0.1) is 23.7 Å². The molecule has 0 unspecified atom stereocenters. The number of hydrogen-bond acceptors (Lipinski definition) is 6. The summed E-state index contributed by atoms with van der Waals surface area (Å²) in [6.07, 6.45) is 4.82. The third-order valence-corrected chi connectivity index (χ3v) is 6.68. The summed E-state index contributed by atoms with van der Waals surface area (Å²) < 4.78 is 35.3. The van der Waals surface area contributed by atoms with Crippen molar-refractivity contribution in [1.29, 1.82) is 0 Å². The van der Waals surface area contributed by atoms with Crippen LogP contribution in [0.1, 0.15) is 64.9 Å². The van der Waals surface area contributed by atoms with Gasteiger partial charge in [-0.05, 0) is 64.0 Å². The Morgan fingerprint density at radius 1 is 1.20 bits per heavy atom. The molecule has 0 saturated carbocycles. The second-order valence-electron chi connectivity index (χ2n) is 8.03. The minimum atomic E-state index is -3.77. The zero-order valence-electron chi connectivity index (χ0n) is 18.6. The Morgan fingerprint density at radius 2 is 1.90 bits per heavy atom. The molecule has 6 nitrogen and oxygen atoms in total. The Bertz CT molecular complexity index is 830. The van der Waals surface area contributed by atoms with E-state index in [1.54, 1.807) is 24.3 Å². The van der Waals surface area contributed by atoms with Gasteiger partial charge in [-0.3, -0.25) is 4.18 Å². The molecule has 2 atom stereocenters. The van der Waals surface area contributed by atoms with Gasteiger partial charge in [0, 0.05) is 11.7 Å². The maximum absolute atomic E-state index is 12.4. The summed E-state index contributed by atoms with van der Waals surface area (Å²) >= 11 is 0. The van der Waals surface area contributed by atoms with Crippen molar-refractivity contribution in [3.8, 4) is 0 Å². The number of aryl methyl sites for hydroxylation is 1. The molecule has 1 aliphatic carbocycles. The number of esters is 1. The van der Waals surface area contributed by atoms with Gasteiger partial charge in [-0.1, -0.05) is 38.0 Å². The lowest BCUT2D eigenvalue weighted by Crippen LogP contribution is -2.34. The van der Waals surface area contributed by atoms with Gasteiger partial charge in [-0.15, -0.1) is 0 Å². The fraction of sp³-hybridized carbons (Fsp3) is 0.609. The van der Waals surface area contributed by atoms with E-state index in [-0.39, 0.29) is 23.5 Å². The van der Waals surface area contributed by atoms with Crippen LogP contribution in [0.5, 0.6) is 0 Å². The van der Waals surface area contributed by atoms with Gasteiger partial charge in [-0.2, -0.15) is 8.42 Å². The quantitative estimate of drug-likeness (QED) is 0.406. The largest absolute Gasteiger partial charge is 0.463 e. The van der Waals surface area contributed by atoms with Crippen LogP contribution in [0.25, 0.3) is 0 Å². The molecule has 0 spiro atoms. The lowest BCUT2D eigenvalue weighted by Gasteiger charge is -2.29. The summed E-state index contributed by atoms with van der Waals surface area (Å²) in [6.45, 7) is 8.42. The minimum absolute atomic E-state index is 0.0351. The molecule has 2 rings (SSSR count). The zero-order chi connectivity index (χ0) is 22.1. The molecule has 0 saturated heterocycles. The van der Waals surface area contributed by atoms with Gasteiger partial charge < -0.3 is 10.1 Å². The van der Waals surface area contributed by atoms with Gasteiger partial charge >= 0.3 is 5.97 Å². The molecule has 0 aromatic heterocycles. The van der Waals surface area contributed by atoms with E-state index in [1.165, 1.54) is 0 Å². The highest BCUT2D eigenvalue weighted by Gasteiger charge is 2.25. The van der Waals surface area contributed by atoms with Gasteiger partial charge in [0.25, 0.3) is 10.1 Å². The van der Waals surface area contributed by atoms with E-state index in [0.717, 1.165) is 42.5 Å². The topological polar surface area (TPSA) is 81.7 Å². The van der Waals surface area contributed by atoms with Crippen LogP contribution >= 0.6 is 0 Å². The summed E-state index contributed by atoms with van der Waals surface area (Å²) in [5.74, 6) is 0.242. The molecular weight excluding hydrogens is 402 g/mol. The van der Waals surface area contributed by atoms with E-state index in [4.69, 9.17) is 8.92 Å². The first kappa shape index (κ1) is 24.4. The van der Waals surface area contributed by atoms with Gasteiger partial charge in [0.1, 0.15) is 0 Å². The van der Waals surface area contributed by atoms with Crippen LogP contribution in [0, 0.1) is 12.8 Å². The molecule has 0 bridgehead atoms. The van der Waals surface area contributed by atoms with Gasteiger partial charge in [0.15, 0.2) is 0 Å². The van der Waals surface area contributed by atoms with Gasteiger partial charge in [0.2, 0.25) is 0 Å². The van der Waals surface area contributed by atoms with Crippen molar-refractivity contribution >= 4 is 16.1 Å². The highest BCUT2D eigenvalue weighted by atomic mass is 32.2. The van der Waals surface area contributed by atoms with Crippen LogP contribution in [-0.2, 0) is 23.8 Å². The molecule has 0 radical (unpaired) electrons. The van der Waals surface area contributed by atoms with Crippen LogP contribution in [0.15, 0.2) is 40.4 Å². The van der Waals surface area contributed by atoms with Crippen molar-refractivity contribution in [1.82, 2.24) is 5.32 Å². The lowest BCUT2D eigenvalue weighted by molar-refractivity contribution is -0.138. The second kappa shape index (κ2) is 11.5. The number of carbonyl (C=O) groups excluding carboxylic acids is 1. The third kappa shape index (κ3) is 7.13. The minimum Gasteiger partial charge on any atom is -0.463 e. The molecule has 0 fully saturated rings. The molecule has 0 amide bonds. The Hall–Kier alpha value is -1.86. The second-order valence-corrected chi connectivity index (χ2v) is 9.65. The Labute approximate surface area is 181 Å². The fourth-order valence-electron chi connectivity index (χ4n) is 3.66. The summed E-state index contributed by atoms with van der Waals surface area (Å²) in [4.78, 5) is 12.5. The van der Waals surface area contributed by atoms with E-state index in [1.807, 2.05) is 13.8 Å². The molecule has 7 heteroatoms. The van der Waals surface area contributed by atoms with Crippen LogP contribution in [0.3, 0.4) is 0 Å². The van der Waals surface area contributed by atoms with Crippen LogP contribution < -0.4 is 5.32 Å². The van der Waals surface area contributed by atoms with Crippen molar-refractivity contribution in [2.75, 3.05) is 13.2 Å². The lowest BCUT2D eigenvalue weighted by atomic mass is 9.87. The third-order valence-electron chi connectivity index (χ3n) is 5.36.